The Morgan fingerprint density at radius 2 is 1.87 bits per heavy atom. The molecule has 1 aliphatic rings. The van der Waals surface area contributed by atoms with Gasteiger partial charge in [-0.15, -0.1) is 5.10 Å². The number of benzene rings is 2. The molecule has 116 valence electrons. The second-order valence-electron chi connectivity index (χ2n) is 5.00. The fraction of sp³-hybridized carbons (Fsp3) is 0.125. The van der Waals surface area contributed by atoms with Gasteiger partial charge in [-0.3, -0.25) is 0 Å². The van der Waals surface area contributed by atoms with E-state index in [-0.39, 0.29) is 13.4 Å². The molecule has 23 heavy (non-hydrogen) atoms. The largest absolute Gasteiger partial charge is 0.454 e. The smallest absolute Gasteiger partial charge is 0.231 e. The minimum absolute atomic E-state index is 0.206. The van der Waals surface area contributed by atoms with Gasteiger partial charge in [0.25, 0.3) is 0 Å². The van der Waals surface area contributed by atoms with Crippen molar-refractivity contribution in [1.82, 2.24) is 15.0 Å². The molecule has 1 N–H and O–H groups in total. The highest BCUT2D eigenvalue weighted by Gasteiger charge is 2.19. The lowest BCUT2D eigenvalue weighted by Gasteiger charge is -2.09. The van der Waals surface area contributed by atoms with Crippen LogP contribution in [0.2, 0.25) is 5.02 Å². The predicted octanol–water partition coefficient (Wildman–Crippen LogP) is 2.81. The van der Waals surface area contributed by atoms with Gasteiger partial charge in [-0.1, -0.05) is 28.9 Å². The fourth-order valence-corrected chi connectivity index (χ4v) is 2.64. The van der Waals surface area contributed by atoms with Crippen LogP contribution < -0.4 is 9.47 Å². The molecule has 0 amide bonds. The lowest BCUT2D eigenvalue weighted by atomic mass is 10.1. The van der Waals surface area contributed by atoms with Crippen LogP contribution in [-0.4, -0.2) is 26.9 Å². The first-order chi connectivity index (χ1) is 11.3. The quantitative estimate of drug-likeness (QED) is 0.800. The van der Waals surface area contributed by atoms with Crippen LogP contribution in [0.5, 0.6) is 11.5 Å². The minimum atomic E-state index is -0.206. The molecule has 0 spiro atoms. The van der Waals surface area contributed by atoms with Crippen molar-refractivity contribution in [1.29, 1.82) is 0 Å². The maximum absolute atomic E-state index is 9.56. The van der Waals surface area contributed by atoms with E-state index in [1.807, 2.05) is 30.3 Å². The summed E-state index contributed by atoms with van der Waals surface area (Å²) in [6.07, 6.45) is 0. The molecule has 0 radical (unpaired) electrons. The Labute approximate surface area is 136 Å². The second kappa shape index (κ2) is 5.57. The summed E-state index contributed by atoms with van der Waals surface area (Å²) >= 11 is 5.95. The molecule has 0 saturated heterocycles. The van der Waals surface area contributed by atoms with Crippen molar-refractivity contribution >= 4 is 11.6 Å². The first kappa shape index (κ1) is 14.0. The van der Waals surface area contributed by atoms with E-state index in [4.69, 9.17) is 21.1 Å². The summed E-state index contributed by atoms with van der Waals surface area (Å²) in [6, 6.07) is 12.8. The Kier molecular flexibility index (Phi) is 3.40. The van der Waals surface area contributed by atoms with E-state index in [1.54, 1.807) is 16.8 Å². The van der Waals surface area contributed by atoms with Gasteiger partial charge < -0.3 is 14.6 Å². The number of aliphatic hydroxyl groups excluding tert-OH is 1. The molecule has 0 aliphatic carbocycles. The van der Waals surface area contributed by atoms with Crippen LogP contribution in [0, 0.1) is 0 Å². The summed E-state index contributed by atoms with van der Waals surface area (Å²) in [5, 5.41) is 18.4. The number of ether oxygens (including phenoxy) is 2. The van der Waals surface area contributed by atoms with Gasteiger partial charge in [0.05, 0.1) is 12.3 Å². The topological polar surface area (TPSA) is 69.4 Å². The molecule has 2 heterocycles. The summed E-state index contributed by atoms with van der Waals surface area (Å²) in [5.74, 6) is 1.36. The van der Waals surface area contributed by atoms with Gasteiger partial charge in [0.15, 0.2) is 11.5 Å². The highest BCUT2D eigenvalue weighted by molar-refractivity contribution is 6.30. The maximum atomic E-state index is 9.56. The lowest BCUT2D eigenvalue weighted by Crippen LogP contribution is -2.00. The lowest BCUT2D eigenvalue weighted by molar-refractivity contribution is 0.174. The highest BCUT2D eigenvalue weighted by atomic mass is 35.5. The van der Waals surface area contributed by atoms with Crippen molar-refractivity contribution in [3.05, 3.63) is 53.2 Å². The molecular formula is C16H12ClN3O3. The first-order valence-electron chi connectivity index (χ1n) is 6.97. The normalized spacial score (nSPS) is 12.6. The Morgan fingerprint density at radius 3 is 2.65 bits per heavy atom. The van der Waals surface area contributed by atoms with Crippen LogP contribution in [0.1, 0.15) is 5.69 Å². The SMILES string of the molecule is OCc1nnn(-c2ccc3c(c2)OCO3)c1-c1ccc(Cl)cc1. The zero-order valence-corrected chi connectivity index (χ0v) is 12.7. The maximum Gasteiger partial charge on any atom is 0.231 e. The molecule has 1 aromatic heterocycles. The summed E-state index contributed by atoms with van der Waals surface area (Å²) in [5.41, 5.74) is 2.83. The van der Waals surface area contributed by atoms with E-state index in [9.17, 15) is 5.11 Å². The van der Waals surface area contributed by atoms with Gasteiger partial charge in [-0.2, -0.15) is 0 Å². The van der Waals surface area contributed by atoms with Crippen LogP contribution in [0.3, 0.4) is 0 Å². The number of hydrogen-bond donors (Lipinski definition) is 1. The van der Waals surface area contributed by atoms with E-state index >= 15 is 0 Å². The number of fused-ring (bicyclic) bond motifs is 1. The molecule has 0 fully saturated rings. The van der Waals surface area contributed by atoms with Crippen molar-refractivity contribution in [2.75, 3.05) is 6.79 Å². The molecule has 6 nitrogen and oxygen atoms in total. The molecule has 3 aromatic rings. The Morgan fingerprint density at radius 1 is 1.09 bits per heavy atom. The molecule has 1 aliphatic heterocycles. The average Bonchev–Trinajstić information content (AvgIpc) is 3.21. The van der Waals surface area contributed by atoms with Crippen molar-refractivity contribution in [3.63, 3.8) is 0 Å². The number of aromatic nitrogens is 3. The third-order valence-electron chi connectivity index (χ3n) is 3.61. The molecule has 0 bridgehead atoms. The van der Waals surface area contributed by atoms with E-state index in [2.05, 4.69) is 10.3 Å². The molecule has 7 heteroatoms. The van der Waals surface area contributed by atoms with E-state index in [1.165, 1.54) is 0 Å². The molecule has 2 aromatic carbocycles. The number of nitrogens with zero attached hydrogens (tertiary/aromatic N) is 3. The van der Waals surface area contributed by atoms with E-state index < -0.39 is 0 Å². The van der Waals surface area contributed by atoms with Crippen molar-refractivity contribution in [2.24, 2.45) is 0 Å². The third-order valence-corrected chi connectivity index (χ3v) is 3.86. The predicted molar refractivity (Wildman–Crippen MR) is 83.9 cm³/mol. The van der Waals surface area contributed by atoms with E-state index in [0.717, 1.165) is 11.3 Å². The van der Waals surface area contributed by atoms with Crippen LogP contribution in [0.15, 0.2) is 42.5 Å². The van der Waals surface area contributed by atoms with Crippen LogP contribution >= 0.6 is 11.6 Å². The highest BCUT2D eigenvalue weighted by Crippen LogP contribution is 2.35. The van der Waals surface area contributed by atoms with Gasteiger partial charge in [0.1, 0.15) is 11.4 Å². The van der Waals surface area contributed by atoms with Crippen LogP contribution in [0.4, 0.5) is 0 Å². The summed E-state index contributed by atoms with van der Waals surface area (Å²) in [7, 11) is 0. The molecule has 0 atom stereocenters. The standard InChI is InChI=1S/C16H12ClN3O3/c17-11-3-1-10(2-4-11)16-13(8-21)18-19-20(16)12-5-6-14-15(7-12)23-9-22-14/h1-7,21H,8-9H2. The van der Waals surface area contributed by atoms with E-state index in [0.29, 0.717) is 27.9 Å². The average molecular weight is 330 g/mol. The Hall–Kier alpha value is -2.57. The van der Waals surface area contributed by atoms with Crippen molar-refractivity contribution < 1.29 is 14.6 Å². The Balaban J connectivity index is 1.86. The Bertz CT molecular complexity index is 862. The number of hydrogen-bond acceptors (Lipinski definition) is 5. The molecular weight excluding hydrogens is 318 g/mol. The van der Waals surface area contributed by atoms with Gasteiger partial charge >= 0.3 is 0 Å². The third kappa shape index (κ3) is 2.42. The fourth-order valence-electron chi connectivity index (χ4n) is 2.51. The molecule has 4 rings (SSSR count). The van der Waals surface area contributed by atoms with Gasteiger partial charge in [-0.05, 0) is 24.3 Å². The molecule has 0 saturated carbocycles. The monoisotopic (exact) mass is 329 g/mol. The summed E-state index contributed by atoms with van der Waals surface area (Å²) in [6.45, 7) is 0.00455. The molecule has 0 unspecified atom stereocenters. The van der Waals surface area contributed by atoms with Gasteiger partial charge in [0, 0.05) is 16.7 Å². The van der Waals surface area contributed by atoms with Crippen LogP contribution in [-0.2, 0) is 6.61 Å². The number of rotatable bonds is 3. The zero-order valence-electron chi connectivity index (χ0n) is 11.9. The minimum Gasteiger partial charge on any atom is -0.454 e. The summed E-state index contributed by atoms with van der Waals surface area (Å²) < 4.78 is 12.4. The number of aliphatic hydroxyl groups is 1. The zero-order chi connectivity index (χ0) is 15.8. The summed E-state index contributed by atoms with van der Waals surface area (Å²) in [4.78, 5) is 0. The van der Waals surface area contributed by atoms with Crippen molar-refractivity contribution in [2.45, 2.75) is 6.61 Å². The second-order valence-corrected chi connectivity index (χ2v) is 5.44. The first-order valence-corrected chi connectivity index (χ1v) is 7.35. The van der Waals surface area contributed by atoms with Crippen molar-refractivity contribution in [3.8, 4) is 28.4 Å². The number of halogens is 1. The van der Waals surface area contributed by atoms with Gasteiger partial charge in [-0.25, -0.2) is 4.68 Å². The van der Waals surface area contributed by atoms with Gasteiger partial charge in [0.2, 0.25) is 6.79 Å². The van der Waals surface area contributed by atoms with Crippen LogP contribution in [0.25, 0.3) is 16.9 Å².